The van der Waals surface area contributed by atoms with Crippen molar-refractivity contribution in [3.05, 3.63) is 307 Å². The third-order valence-corrected chi connectivity index (χ3v) is 16.1. The van der Waals surface area contributed by atoms with Crippen molar-refractivity contribution in [2.75, 3.05) is 4.90 Å². The van der Waals surface area contributed by atoms with Gasteiger partial charge in [-0.1, -0.05) is 255 Å². The minimum atomic E-state index is -0.496. The highest BCUT2D eigenvalue weighted by molar-refractivity contribution is 6.24. The molecule has 1 heteroatoms. The molecule has 0 bridgehead atoms. The molecule has 0 heterocycles. The summed E-state index contributed by atoms with van der Waals surface area (Å²) in [5.41, 5.74) is 22.9. The Labute approximate surface area is 431 Å². The second-order valence-electron chi connectivity index (χ2n) is 19.9. The van der Waals surface area contributed by atoms with Gasteiger partial charge in [-0.05, 0) is 141 Å². The molecule has 74 heavy (non-hydrogen) atoms. The van der Waals surface area contributed by atoms with E-state index in [1.165, 1.54) is 121 Å². The van der Waals surface area contributed by atoms with Gasteiger partial charge in [-0.3, -0.25) is 0 Å². The molecule has 2 aliphatic carbocycles. The number of rotatable bonds is 7. The van der Waals surface area contributed by atoms with Crippen LogP contribution < -0.4 is 4.90 Å². The summed E-state index contributed by atoms with van der Waals surface area (Å²) in [6.45, 7) is 0. The minimum absolute atomic E-state index is 0.496. The van der Waals surface area contributed by atoms with Crippen molar-refractivity contribution >= 4 is 49.4 Å². The van der Waals surface area contributed by atoms with Gasteiger partial charge < -0.3 is 4.90 Å². The number of hydrogen-bond donors (Lipinski definition) is 0. The van der Waals surface area contributed by atoms with Crippen LogP contribution in [0.3, 0.4) is 0 Å². The lowest BCUT2D eigenvalue weighted by Gasteiger charge is -2.34. The Morgan fingerprint density at radius 2 is 0.635 bits per heavy atom. The van der Waals surface area contributed by atoms with Gasteiger partial charge in [0.15, 0.2) is 0 Å². The van der Waals surface area contributed by atoms with E-state index in [1.807, 2.05) is 0 Å². The summed E-state index contributed by atoms with van der Waals surface area (Å²) in [6, 6.07) is 106. The number of hydrogen-bond acceptors (Lipinski definition) is 1. The number of anilines is 3. The molecule has 0 unspecified atom stereocenters. The molecule has 2 aliphatic rings. The Morgan fingerprint density at radius 1 is 0.230 bits per heavy atom. The van der Waals surface area contributed by atoms with Crippen molar-refractivity contribution in [1.29, 1.82) is 0 Å². The monoisotopic (exact) mass is 937 g/mol. The Hall–Kier alpha value is -9.56. The van der Waals surface area contributed by atoms with Crippen LogP contribution in [-0.4, -0.2) is 0 Å². The molecule has 0 N–H and O–H groups in total. The van der Waals surface area contributed by atoms with E-state index in [-0.39, 0.29) is 0 Å². The molecule has 0 fully saturated rings. The molecule has 0 atom stereocenters. The van der Waals surface area contributed by atoms with E-state index >= 15 is 0 Å². The summed E-state index contributed by atoms with van der Waals surface area (Å²) in [5.74, 6) is 0. The number of fused-ring (bicyclic) bond motifs is 14. The smallest absolute Gasteiger partial charge is 0.0726 e. The maximum Gasteiger partial charge on any atom is 0.0726 e. The lowest BCUT2D eigenvalue weighted by atomic mass is 9.70. The van der Waals surface area contributed by atoms with E-state index in [9.17, 15) is 0 Å². The van der Waals surface area contributed by atoms with Crippen molar-refractivity contribution < 1.29 is 0 Å². The quantitative estimate of drug-likeness (QED) is 0.144. The molecule has 0 saturated carbocycles. The maximum atomic E-state index is 2.57. The number of benzene rings is 13. The van der Waals surface area contributed by atoms with E-state index in [1.54, 1.807) is 0 Å². The van der Waals surface area contributed by atoms with Crippen LogP contribution in [0.2, 0.25) is 0 Å². The van der Waals surface area contributed by atoms with Crippen LogP contribution in [0.25, 0.3) is 99.1 Å². The fourth-order valence-corrected chi connectivity index (χ4v) is 12.9. The van der Waals surface area contributed by atoms with Crippen LogP contribution >= 0.6 is 0 Å². The Bertz CT molecular complexity index is 4290. The first-order valence-electron chi connectivity index (χ1n) is 25.7. The molecule has 0 saturated heterocycles. The van der Waals surface area contributed by atoms with Crippen molar-refractivity contribution in [1.82, 2.24) is 0 Å². The second kappa shape index (κ2) is 16.8. The topological polar surface area (TPSA) is 3.24 Å². The van der Waals surface area contributed by atoms with Crippen LogP contribution in [0, 0.1) is 0 Å². The molecule has 0 aliphatic heterocycles. The first-order chi connectivity index (χ1) is 36.7. The average Bonchev–Trinajstić information content (AvgIpc) is 3.98. The molecule has 13 aromatic rings. The highest BCUT2D eigenvalue weighted by atomic mass is 15.1. The molecular formula is C73H47N. The highest BCUT2D eigenvalue weighted by Gasteiger charge is 2.51. The Balaban J connectivity index is 0.965. The zero-order valence-corrected chi connectivity index (χ0v) is 40.6. The standard InChI is InChI=1S/C73H47N/c1-2-18-48(19-3-1)53-22-16-23-54(46-53)51-38-36-49(37-39-51)50-40-42-55(43-41-50)74(72-66-31-9-7-26-59(66)58-25-6-8-30-65(58)71(72)64-32-17-21-52-20-4-5-24-57(52)64)56-44-45-63-62-29-12-15-35-69(62)73(70(63)47-56)67-33-13-10-27-60(67)61-28-11-14-34-68(61)73/h1-47H. The van der Waals surface area contributed by atoms with Crippen LogP contribution in [0.1, 0.15) is 22.3 Å². The van der Waals surface area contributed by atoms with Gasteiger partial charge in [-0.25, -0.2) is 0 Å². The molecule has 1 spiro atoms. The van der Waals surface area contributed by atoms with Gasteiger partial charge in [-0.15, -0.1) is 0 Å². The molecular weight excluding hydrogens is 891 g/mol. The van der Waals surface area contributed by atoms with E-state index in [0.717, 1.165) is 17.1 Å². The van der Waals surface area contributed by atoms with Gasteiger partial charge in [0, 0.05) is 22.3 Å². The molecule has 1 nitrogen and oxygen atoms in total. The summed E-state index contributed by atoms with van der Waals surface area (Å²) in [7, 11) is 0. The number of nitrogens with zero attached hydrogens (tertiary/aromatic N) is 1. The maximum absolute atomic E-state index is 2.57. The summed E-state index contributed by atoms with van der Waals surface area (Å²) < 4.78 is 0. The van der Waals surface area contributed by atoms with E-state index < -0.39 is 5.41 Å². The molecule has 0 aromatic heterocycles. The largest absolute Gasteiger partial charge is 0.309 e. The van der Waals surface area contributed by atoms with Gasteiger partial charge in [0.2, 0.25) is 0 Å². The van der Waals surface area contributed by atoms with Gasteiger partial charge in [0.1, 0.15) is 0 Å². The van der Waals surface area contributed by atoms with Gasteiger partial charge in [-0.2, -0.15) is 0 Å². The predicted octanol–water partition coefficient (Wildman–Crippen LogP) is 19.6. The molecule has 0 radical (unpaired) electrons. The SMILES string of the molecule is c1ccc(-c2cccc(-c3ccc(-c4ccc(N(c5ccc6c(c5)C5(c7ccccc7-c7ccccc75)c5ccccc5-6)c5c(-c6cccc7ccccc67)c6ccccc6c6ccccc56)cc4)cc3)c2)cc1. The summed E-state index contributed by atoms with van der Waals surface area (Å²) in [5, 5.41) is 7.32. The van der Waals surface area contributed by atoms with Gasteiger partial charge >= 0.3 is 0 Å². The Morgan fingerprint density at radius 3 is 1.27 bits per heavy atom. The molecule has 0 amide bonds. The van der Waals surface area contributed by atoms with E-state index in [2.05, 4.69) is 290 Å². The molecule has 13 aromatic carbocycles. The fraction of sp³-hybridized carbons (Fsp3) is 0.0137. The predicted molar refractivity (Wildman–Crippen MR) is 312 cm³/mol. The Kier molecular flexibility index (Phi) is 9.55. The van der Waals surface area contributed by atoms with Crippen LogP contribution in [0.15, 0.2) is 285 Å². The van der Waals surface area contributed by atoms with Crippen molar-refractivity contribution in [3.8, 4) is 66.8 Å². The average molecular weight is 938 g/mol. The first-order valence-corrected chi connectivity index (χ1v) is 25.7. The molecule has 344 valence electrons. The van der Waals surface area contributed by atoms with Crippen LogP contribution in [-0.2, 0) is 5.41 Å². The van der Waals surface area contributed by atoms with Crippen LogP contribution in [0.4, 0.5) is 17.1 Å². The third kappa shape index (κ3) is 6.30. The van der Waals surface area contributed by atoms with Crippen molar-refractivity contribution in [2.24, 2.45) is 0 Å². The van der Waals surface area contributed by atoms with Gasteiger partial charge in [0.05, 0.1) is 11.1 Å². The molecule has 15 rings (SSSR count). The summed E-state index contributed by atoms with van der Waals surface area (Å²) in [6.07, 6.45) is 0. The normalized spacial score (nSPS) is 12.7. The fourth-order valence-electron chi connectivity index (χ4n) is 12.9. The zero-order chi connectivity index (χ0) is 48.7. The summed E-state index contributed by atoms with van der Waals surface area (Å²) >= 11 is 0. The lowest BCUT2D eigenvalue weighted by Crippen LogP contribution is -2.26. The van der Waals surface area contributed by atoms with Crippen molar-refractivity contribution in [2.45, 2.75) is 5.41 Å². The van der Waals surface area contributed by atoms with Crippen LogP contribution in [0.5, 0.6) is 0 Å². The summed E-state index contributed by atoms with van der Waals surface area (Å²) in [4.78, 5) is 2.57. The highest BCUT2D eigenvalue weighted by Crippen LogP contribution is 2.64. The van der Waals surface area contributed by atoms with E-state index in [4.69, 9.17) is 0 Å². The zero-order valence-electron chi connectivity index (χ0n) is 40.6. The minimum Gasteiger partial charge on any atom is -0.309 e. The lowest BCUT2D eigenvalue weighted by molar-refractivity contribution is 0.793. The first kappa shape index (κ1) is 42.2. The van der Waals surface area contributed by atoms with E-state index in [0.29, 0.717) is 0 Å². The third-order valence-electron chi connectivity index (χ3n) is 16.1. The van der Waals surface area contributed by atoms with Crippen molar-refractivity contribution in [3.63, 3.8) is 0 Å². The van der Waals surface area contributed by atoms with Gasteiger partial charge in [0.25, 0.3) is 0 Å². The second-order valence-corrected chi connectivity index (χ2v) is 19.9.